The predicted octanol–water partition coefficient (Wildman–Crippen LogP) is -0.498. The van der Waals surface area contributed by atoms with Crippen molar-refractivity contribution in [2.75, 3.05) is 19.6 Å². The van der Waals surface area contributed by atoms with Crippen LogP contribution in [0.1, 0.15) is 27.6 Å². The number of aromatic nitrogens is 6. The molecule has 2 amide bonds. The molecule has 0 aliphatic heterocycles. The molecular formula is C20H16B2N8O6. The van der Waals surface area contributed by atoms with Gasteiger partial charge in [-0.25, -0.2) is 0 Å². The normalized spacial score (nSPS) is 10.8. The van der Waals surface area contributed by atoms with Crippen LogP contribution in [0.2, 0.25) is 0 Å². The van der Waals surface area contributed by atoms with Crippen molar-refractivity contribution in [3.05, 3.63) is 47.5 Å². The quantitative estimate of drug-likeness (QED) is 0.254. The van der Waals surface area contributed by atoms with Gasteiger partial charge in [-0.2, -0.15) is 0 Å². The summed E-state index contributed by atoms with van der Waals surface area (Å²) in [5.41, 5.74) is 1.91. The molecule has 4 rings (SSSR count). The molecule has 2 aromatic carbocycles. The molecule has 14 nitrogen and oxygen atoms in total. The maximum atomic E-state index is 13.0. The largest absolute Gasteiger partial charge is 0.350 e. The summed E-state index contributed by atoms with van der Waals surface area (Å²) in [7, 11) is 10.0. The lowest BCUT2D eigenvalue weighted by atomic mass is 10.1. The molecule has 1 N–H and O–H groups in total. The van der Waals surface area contributed by atoms with Crippen molar-refractivity contribution in [3.63, 3.8) is 0 Å². The summed E-state index contributed by atoms with van der Waals surface area (Å²) in [6.45, 7) is 2.52. The van der Waals surface area contributed by atoms with E-state index in [1.165, 1.54) is 29.2 Å². The topological polar surface area (TPSA) is 163 Å². The highest BCUT2D eigenvalue weighted by atomic mass is 16.7. The molecule has 0 atom stereocenters. The Hall–Kier alpha value is -4.75. The van der Waals surface area contributed by atoms with Gasteiger partial charge in [-0.15, -0.1) is 10.2 Å². The van der Waals surface area contributed by atoms with Gasteiger partial charge in [-0.1, -0.05) is 9.69 Å². The second kappa shape index (κ2) is 10.2. The summed E-state index contributed by atoms with van der Waals surface area (Å²) in [5.74, 6) is -2.90. The zero-order valence-electron chi connectivity index (χ0n) is 18.8. The van der Waals surface area contributed by atoms with E-state index in [1.807, 2.05) is 0 Å². The summed E-state index contributed by atoms with van der Waals surface area (Å²) in [6.07, 6.45) is 0. The first-order valence-electron chi connectivity index (χ1n) is 10.5. The maximum Gasteiger partial charge on any atom is 0.268 e. The van der Waals surface area contributed by atoms with Crippen LogP contribution in [-0.2, 0) is 0 Å². The summed E-state index contributed by atoms with van der Waals surface area (Å²) in [6, 6.07) is 9.11. The van der Waals surface area contributed by atoms with Crippen molar-refractivity contribution in [1.29, 1.82) is 0 Å². The summed E-state index contributed by atoms with van der Waals surface area (Å²) >= 11 is 0. The number of amides is 2. The number of carbonyl (C=O) groups excluding carboxylic acids is 4. The number of likely N-dealkylation sites (N-methyl/N-ethyl adjacent to an activating group) is 1. The molecule has 0 fully saturated rings. The average molecular weight is 486 g/mol. The van der Waals surface area contributed by atoms with Gasteiger partial charge in [-0.05, 0) is 53.7 Å². The summed E-state index contributed by atoms with van der Waals surface area (Å²) in [4.78, 5) is 60.3. The molecular weight excluding hydrogens is 470 g/mol. The van der Waals surface area contributed by atoms with E-state index in [4.69, 9.17) is 25.4 Å². The van der Waals surface area contributed by atoms with Crippen LogP contribution in [0.4, 0.5) is 9.59 Å². The highest BCUT2D eigenvalue weighted by Gasteiger charge is 2.18. The third kappa shape index (κ3) is 5.16. The maximum absolute atomic E-state index is 13.0. The number of hydrogen-bond donors (Lipinski definition) is 1. The number of carbonyl (C=O) groups is 4. The second-order valence-corrected chi connectivity index (χ2v) is 7.29. The lowest BCUT2D eigenvalue weighted by molar-refractivity contribution is 0.0757. The predicted molar refractivity (Wildman–Crippen MR) is 124 cm³/mol. The fourth-order valence-corrected chi connectivity index (χ4v) is 3.37. The van der Waals surface area contributed by atoms with Crippen LogP contribution >= 0.6 is 0 Å². The van der Waals surface area contributed by atoms with Crippen LogP contribution in [0.5, 0.6) is 0 Å². The smallest absolute Gasteiger partial charge is 0.268 e. The molecule has 0 bridgehead atoms. The minimum atomic E-state index is -1.08. The number of benzene rings is 2. The fraction of sp³-hybridized carbons (Fsp3) is 0.200. The SMILES string of the molecule is [B]C(=O)On1nnc2ccc(C(=O)NCCN(CC)C(=O)c3ccc4nnn(OC([B])=O)c4c3)cc21. The average Bonchev–Trinajstić information content (AvgIpc) is 3.43. The van der Waals surface area contributed by atoms with E-state index >= 15 is 0 Å². The van der Waals surface area contributed by atoms with E-state index in [0.717, 1.165) is 9.69 Å². The van der Waals surface area contributed by atoms with Crippen molar-refractivity contribution in [1.82, 2.24) is 40.5 Å². The van der Waals surface area contributed by atoms with E-state index in [1.54, 1.807) is 19.1 Å². The first-order chi connectivity index (χ1) is 17.3. The van der Waals surface area contributed by atoms with E-state index in [2.05, 4.69) is 25.9 Å². The molecule has 2 heterocycles. The third-order valence-corrected chi connectivity index (χ3v) is 5.03. The van der Waals surface area contributed by atoms with E-state index in [9.17, 15) is 19.2 Å². The molecule has 36 heavy (non-hydrogen) atoms. The van der Waals surface area contributed by atoms with E-state index < -0.39 is 17.6 Å². The van der Waals surface area contributed by atoms with Crippen molar-refractivity contribution in [2.24, 2.45) is 0 Å². The Morgan fingerprint density at radius 1 is 0.889 bits per heavy atom. The van der Waals surface area contributed by atoms with Gasteiger partial charge < -0.3 is 19.9 Å². The first kappa shape index (κ1) is 24.4. The number of nitrogens with one attached hydrogen (secondary N) is 1. The van der Waals surface area contributed by atoms with Gasteiger partial charge in [0.1, 0.15) is 22.1 Å². The van der Waals surface area contributed by atoms with Gasteiger partial charge in [0.05, 0.1) is 0 Å². The Bertz CT molecular complexity index is 1490. The van der Waals surface area contributed by atoms with Crippen LogP contribution in [-0.4, -0.2) is 94.1 Å². The molecule has 2 aromatic heterocycles. The lowest BCUT2D eigenvalue weighted by Gasteiger charge is -2.21. The Morgan fingerprint density at radius 3 is 1.94 bits per heavy atom. The van der Waals surface area contributed by atoms with Crippen LogP contribution in [0.3, 0.4) is 0 Å². The molecule has 0 aliphatic carbocycles. The monoisotopic (exact) mass is 486 g/mol. The third-order valence-electron chi connectivity index (χ3n) is 5.03. The number of hydrogen-bond acceptors (Lipinski definition) is 10. The fourth-order valence-electron chi connectivity index (χ4n) is 3.37. The molecule has 0 unspecified atom stereocenters. The highest BCUT2D eigenvalue weighted by Crippen LogP contribution is 2.15. The van der Waals surface area contributed by atoms with Gasteiger partial charge in [0.2, 0.25) is 15.7 Å². The molecule has 0 saturated carbocycles. The molecule has 4 radical (unpaired) electrons. The highest BCUT2D eigenvalue weighted by molar-refractivity contribution is 6.55. The van der Waals surface area contributed by atoms with Gasteiger partial charge >= 0.3 is 0 Å². The van der Waals surface area contributed by atoms with Crippen LogP contribution in [0, 0.1) is 0 Å². The van der Waals surface area contributed by atoms with Crippen molar-refractivity contribution < 1.29 is 28.9 Å². The van der Waals surface area contributed by atoms with Gasteiger partial charge in [-0.3, -0.25) is 19.2 Å². The van der Waals surface area contributed by atoms with Crippen molar-refractivity contribution in [2.45, 2.75) is 6.92 Å². The van der Waals surface area contributed by atoms with Crippen LogP contribution in [0.15, 0.2) is 36.4 Å². The first-order valence-corrected chi connectivity index (χ1v) is 10.5. The lowest BCUT2D eigenvalue weighted by Crippen LogP contribution is -2.38. The Balaban J connectivity index is 1.41. The zero-order chi connectivity index (χ0) is 25.8. The Morgan fingerprint density at radius 2 is 1.42 bits per heavy atom. The van der Waals surface area contributed by atoms with E-state index in [0.29, 0.717) is 23.1 Å². The van der Waals surface area contributed by atoms with E-state index in [-0.39, 0.29) is 35.6 Å². The van der Waals surface area contributed by atoms with Gasteiger partial charge in [0.25, 0.3) is 23.6 Å². The molecule has 0 spiro atoms. The van der Waals surface area contributed by atoms with Gasteiger partial charge in [0, 0.05) is 30.8 Å². The Labute approximate surface area is 205 Å². The molecule has 4 aromatic rings. The number of rotatable bonds is 8. The Kier molecular flexibility index (Phi) is 6.94. The standard InChI is InChI=1S/C20H16B2N8O6/c1-2-28(18(32)12-4-6-14-16(10-12)30(27-25-14)36-20(22)34)8-7-23-17(31)11-3-5-13-15(9-11)29(26-24-13)35-19(21)33/h3-6,9-10H,2,7-8H2,1H3,(H,23,31). The summed E-state index contributed by atoms with van der Waals surface area (Å²) in [5, 5.41) is 17.7. The van der Waals surface area contributed by atoms with Gasteiger partial charge in [0.15, 0.2) is 0 Å². The minimum Gasteiger partial charge on any atom is -0.350 e. The summed E-state index contributed by atoms with van der Waals surface area (Å²) < 4.78 is 0. The molecule has 0 aliphatic rings. The minimum absolute atomic E-state index is 0.151. The van der Waals surface area contributed by atoms with Crippen LogP contribution < -0.4 is 15.0 Å². The number of nitrogens with zero attached hydrogens (tertiary/aromatic N) is 7. The molecule has 16 heteroatoms. The van der Waals surface area contributed by atoms with Crippen LogP contribution in [0.25, 0.3) is 22.1 Å². The zero-order valence-corrected chi connectivity index (χ0v) is 18.8. The van der Waals surface area contributed by atoms with Crippen molar-refractivity contribution >= 4 is 61.3 Å². The molecule has 0 saturated heterocycles. The number of fused-ring (bicyclic) bond motifs is 2. The van der Waals surface area contributed by atoms with Crippen molar-refractivity contribution in [3.8, 4) is 0 Å². The molecule has 178 valence electrons. The second-order valence-electron chi connectivity index (χ2n) is 7.29.